The van der Waals surface area contributed by atoms with Crippen molar-refractivity contribution in [1.82, 2.24) is 30.2 Å². The summed E-state index contributed by atoms with van der Waals surface area (Å²) >= 11 is 0. The third-order valence-corrected chi connectivity index (χ3v) is 4.56. The molecule has 3 aromatic heterocycles. The normalized spacial score (nSPS) is 11.4. The van der Waals surface area contributed by atoms with Crippen molar-refractivity contribution in [2.75, 3.05) is 14.2 Å². The molecule has 4 aromatic rings. The number of ether oxygens (including phenoxy) is 2. The fourth-order valence-corrected chi connectivity index (χ4v) is 2.92. The molecule has 0 spiro atoms. The number of guanidine groups is 1. The molecule has 9 heteroatoms. The van der Waals surface area contributed by atoms with Gasteiger partial charge in [-0.15, -0.1) is 10.2 Å². The molecular weight excluding hydrogens is 394 g/mol. The van der Waals surface area contributed by atoms with Gasteiger partial charge in [-0.1, -0.05) is 12.1 Å². The smallest absolute Gasteiger partial charge is 0.219 e. The summed E-state index contributed by atoms with van der Waals surface area (Å²) in [5, 5.41) is 14.9. The van der Waals surface area contributed by atoms with E-state index in [1.54, 1.807) is 20.4 Å². The van der Waals surface area contributed by atoms with Gasteiger partial charge >= 0.3 is 0 Å². The second-order valence-corrected chi connectivity index (χ2v) is 6.61. The van der Waals surface area contributed by atoms with Crippen molar-refractivity contribution in [2.45, 2.75) is 13.1 Å². The lowest BCUT2D eigenvalue weighted by atomic mass is 10.3. The molecular formula is C22H23N7O2. The van der Waals surface area contributed by atoms with Crippen LogP contribution in [0, 0.1) is 0 Å². The molecule has 0 saturated heterocycles. The highest BCUT2D eigenvalue weighted by Gasteiger charge is 2.06. The van der Waals surface area contributed by atoms with Crippen molar-refractivity contribution < 1.29 is 9.47 Å². The SMILES string of the molecule is CN=C(NCc1ccc(Oc2ccc(OC)cc2)nc1)NCc1nnc2ccccn12. The molecule has 9 nitrogen and oxygen atoms in total. The molecule has 0 aliphatic rings. The third-order valence-electron chi connectivity index (χ3n) is 4.56. The van der Waals surface area contributed by atoms with Crippen LogP contribution in [-0.2, 0) is 13.1 Å². The van der Waals surface area contributed by atoms with E-state index in [4.69, 9.17) is 9.47 Å². The van der Waals surface area contributed by atoms with Gasteiger partial charge in [0.05, 0.1) is 13.7 Å². The monoisotopic (exact) mass is 417 g/mol. The number of fused-ring (bicyclic) bond motifs is 1. The molecule has 158 valence electrons. The van der Waals surface area contributed by atoms with Crippen molar-refractivity contribution in [3.63, 3.8) is 0 Å². The lowest BCUT2D eigenvalue weighted by Gasteiger charge is -2.11. The standard InChI is InChI=1S/C22H23N7O2/c1-23-22(26-15-20-28-27-19-5-3-4-12-29(19)20)25-14-16-6-11-21(24-13-16)31-18-9-7-17(30-2)8-10-18/h3-13H,14-15H2,1-2H3,(H2,23,25,26). The Balaban J connectivity index is 1.29. The van der Waals surface area contributed by atoms with Crippen molar-refractivity contribution in [3.8, 4) is 17.4 Å². The van der Waals surface area contributed by atoms with Crippen LogP contribution in [0.1, 0.15) is 11.4 Å². The molecule has 1 aromatic carbocycles. The van der Waals surface area contributed by atoms with Gasteiger partial charge in [0, 0.05) is 32.1 Å². The number of nitrogens with one attached hydrogen (secondary N) is 2. The number of aromatic nitrogens is 4. The first-order chi connectivity index (χ1) is 15.2. The van der Waals surface area contributed by atoms with Crippen LogP contribution in [0.25, 0.3) is 5.65 Å². The van der Waals surface area contributed by atoms with Gasteiger partial charge in [-0.2, -0.15) is 0 Å². The second-order valence-electron chi connectivity index (χ2n) is 6.61. The number of aliphatic imine (C=N–C) groups is 1. The molecule has 0 aliphatic heterocycles. The van der Waals surface area contributed by atoms with E-state index in [0.29, 0.717) is 30.7 Å². The Labute approximate surface area is 179 Å². The van der Waals surface area contributed by atoms with Crippen LogP contribution < -0.4 is 20.1 Å². The predicted molar refractivity (Wildman–Crippen MR) is 117 cm³/mol. The van der Waals surface area contributed by atoms with Crippen LogP contribution in [0.4, 0.5) is 0 Å². The Morgan fingerprint density at radius 2 is 1.77 bits per heavy atom. The largest absolute Gasteiger partial charge is 0.497 e. The summed E-state index contributed by atoms with van der Waals surface area (Å²) in [5.41, 5.74) is 1.81. The summed E-state index contributed by atoms with van der Waals surface area (Å²) in [6, 6.07) is 16.9. The molecule has 0 bridgehead atoms. The van der Waals surface area contributed by atoms with Crippen LogP contribution in [0.3, 0.4) is 0 Å². The number of hydrogen-bond donors (Lipinski definition) is 2. The maximum atomic E-state index is 5.76. The highest BCUT2D eigenvalue weighted by Crippen LogP contribution is 2.22. The molecule has 0 amide bonds. The number of benzene rings is 1. The minimum Gasteiger partial charge on any atom is -0.497 e. The summed E-state index contributed by atoms with van der Waals surface area (Å²) in [5.74, 6) is 3.47. The third kappa shape index (κ3) is 5.08. The number of hydrogen-bond acceptors (Lipinski definition) is 6. The summed E-state index contributed by atoms with van der Waals surface area (Å²) < 4.78 is 12.8. The molecule has 0 radical (unpaired) electrons. The van der Waals surface area contributed by atoms with Crippen LogP contribution in [-0.4, -0.2) is 39.7 Å². The fraction of sp³-hybridized carbons (Fsp3) is 0.182. The average molecular weight is 417 g/mol. The summed E-state index contributed by atoms with van der Waals surface area (Å²) in [6.45, 7) is 1.06. The Bertz CT molecular complexity index is 1150. The molecule has 2 N–H and O–H groups in total. The van der Waals surface area contributed by atoms with Gasteiger partial charge in [0.15, 0.2) is 17.4 Å². The molecule has 0 fully saturated rings. The van der Waals surface area contributed by atoms with Crippen molar-refractivity contribution in [2.24, 2.45) is 4.99 Å². The molecule has 4 rings (SSSR count). The van der Waals surface area contributed by atoms with Crippen LogP contribution in [0.5, 0.6) is 17.4 Å². The maximum Gasteiger partial charge on any atom is 0.219 e. The summed E-state index contributed by atoms with van der Waals surface area (Å²) in [7, 11) is 3.35. The minimum absolute atomic E-state index is 0.498. The number of pyridine rings is 2. The molecule has 0 saturated carbocycles. The Morgan fingerprint density at radius 3 is 2.52 bits per heavy atom. The van der Waals surface area contributed by atoms with Gasteiger partial charge in [-0.3, -0.25) is 9.39 Å². The first-order valence-corrected chi connectivity index (χ1v) is 9.75. The first kappa shape index (κ1) is 20.1. The van der Waals surface area contributed by atoms with Gasteiger partial charge in [0.2, 0.25) is 5.88 Å². The van der Waals surface area contributed by atoms with Crippen LogP contribution in [0.15, 0.2) is 72.0 Å². The molecule has 31 heavy (non-hydrogen) atoms. The van der Waals surface area contributed by atoms with E-state index in [-0.39, 0.29) is 0 Å². The summed E-state index contributed by atoms with van der Waals surface area (Å²) in [6.07, 6.45) is 3.70. The lowest BCUT2D eigenvalue weighted by Crippen LogP contribution is -2.36. The van der Waals surface area contributed by atoms with Crippen LogP contribution in [0.2, 0.25) is 0 Å². The Kier molecular flexibility index (Phi) is 6.22. The van der Waals surface area contributed by atoms with E-state index < -0.39 is 0 Å². The molecule has 0 atom stereocenters. The Hall–Kier alpha value is -4.14. The van der Waals surface area contributed by atoms with Gasteiger partial charge in [0.25, 0.3) is 0 Å². The van der Waals surface area contributed by atoms with Gasteiger partial charge in [0.1, 0.15) is 11.5 Å². The van der Waals surface area contributed by atoms with Crippen LogP contribution >= 0.6 is 0 Å². The topological polar surface area (TPSA) is 98.0 Å². The number of rotatable bonds is 7. The highest BCUT2D eigenvalue weighted by molar-refractivity contribution is 5.79. The zero-order chi connectivity index (χ0) is 21.5. The zero-order valence-corrected chi connectivity index (χ0v) is 17.3. The number of methoxy groups -OCH3 is 1. The molecule has 3 heterocycles. The van der Waals surface area contributed by atoms with E-state index in [9.17, 15) is 0 Å². The molecule has 0 aliphatic carbocycles. The highest BCUT2D eigenvalue weighted by atomic mass is 16.5. The van der Waals surface area contributed by atoms with Gasteiger partial charge in [-0.25, -0.2) is 4.98 Å². The maximum absolute atomic E-state index is 5.76. The van der Waals surface area contributed by atoms with Crippen molar-refractivity contribution >= 4 is 11.6 Å². The van der Waals surface area contributed by atoms with Crippen molar-refractivity contribution in [3.05, 3.63) is 78.4 Å². The first-order valence-electron chi connectivity index (χ1n) is 9.75. The average Bonchev–Trinajstić information content (AvgIpc) is 3.24. The predicted octanol–water partition coefficient (Wildman–Crippen LogP) is 2.79. The van der Waals surface area contributed by atoms with E-state index in [2.05, 4.69) is 30.8 Å². The van der Waals surface area contributed by atoms with E-state index in [1.807, 2.05) is 65.2 Å². The fourth-order valence-electron chi connectivity index (χ4n) is 2.92. The zero-order valence-electron chi connectivity index (χ0n) is 17.3. The van der Waals surface area contributed by atoms with E-state index in [0.717, 1.165) is 22.8 Å². The molecule has 0 unspecified atom stereocenters. The Morgan fingerprint density at radius 1 is 0.968 bits per heavy atom. The van der Waals surface area contributed by atoms with Gasteiger partial charge < -0.3 is 20.1 Å². The lowest BCUT2D eigenvalue weighted by molar-refractivity contribution is 0.412. The minimum atomic E-state index is 0.498. The number of nitrogens with zero attached hydrogens (tertiary/aromatic N) is 5. The second kappa shape index (κ2) is 9.57. The quantitative estimate of drug-likeness (QED) is 0.352. The van der Waals surface area contributed by atoms with Crippen molar-refractivity contribution in [1.29, 1.82) is 0 Å². The van der Waals surface area contributed by atoms with E-state index in [1.165, 1.54) is 0 Å². The van der Waals surface area contributed by atoms with E-state index >= 15 is 0 Å². The summed E-state index contributed by atoms with van der Waals surface area (Å²) in [4.78, 5) is 8.62. The van der Waals surface area contributed by atoms with Gasteiger partial charge in [-0.05, 0) is 42.0 Å².